The van der Waals surface area contributed by atoms with E-state index in [-0.39, 0.29) is 5.82 Å². The van der Waals surface area contributed by atoms with E-state index < -0.39 is 0 Å². The number of hydrogen-bond donors (Lipinski definition) is 0. The molecule has 0 aliphatic rings. The quantitative estimate of drug-likeness (QED) is 0.459. The summed E-state index contributed by atoms with van der Waals surface area (Å²) in [4.78, 5) is 7.00. The summed E-state index contributed by atoms with van der Waals surface area (Å²) in [5.74, 6) is 0.00926. The molecule has 3 nitrogen and oxygen atoms in total. The molecule has 1 aromatic rings. The van der Waals surface area contributed by atoms with E-state index in [0.717, 1.165) is 0 Å². The lowest BCUT2D eigenvalue weighted by atomic mass is 10.6. The Balaban J connectivity index is 3.02. The summed E-state index contributed by atoms with van der Waals surface area (Å²) in [6.45, 7) is 0. The molecule has 0 bridgehead atoms. The fraction of sp³-hybridized carbons (Fsp3) is 0. The fourth-order valence-corrected chi connectivity index (χ4v) is 0.284. The predicted octanol–water partition coefficient (Wildman–Crippen LogP) is 0.177. The van der Waals surface area contributed by atoms with Crippen LogP contribution in [0.3, 0.4) is 0 Å². The average molecular weight is 93.1 g/mol. The van der Waals surface area contributed by atoms with Gasteiger partial charge in [-0.15, -0.1) is 5.73 Å². The molecule has 2 radical (unpaired) electrons. The van der Waals surface area contributed by atoms with Crippen LogP contribution in [0.2, 0.25) is 0 Å². The first-order chi connectivity index (χ1) is 3.39. The van der Waals surface area contributed by atoms with Crippen LogP contribution < -0.4 is 5.73 Å². The van der Waals surface area contributed by atoms with Crippen molar-refractivity contribution < 1.29 is 0 Å². The van der Waals surface area contributed by atoms with Crippen LogP contribution in [0.4, 0.5) is 5.82 Å². The second kappa shape index (κ2) is 1.55. The van der Waals surface area contributed by atoms with E-state index in [9.17, 15) is 0 Å². The molecule has 0 aromatic carbocycles. The third kappa shape index (κ3) is 0.855. The molecular formula is C4H3N3. The Bertz CT molecular complexity index is 137. The van der Waals surface area contributed by atoms with Gasteiger partial charge in [-0.3, -0.25) is 0 Å². The van der Waals surface area contributed by atoms with Crippen molar-refractivity contribution in [3.63, 3.8) is 0 Å². The van der Waals surface area contributed by atoms with Gasteiger partial charge >= 0.3 is 0 Å². The van der Waals surface area contributed by atoms with Crippen LogP contribution >= 0.6 is 0 Å². The zero-order chi connectivity index (χ0) is 5.11. The molecule has 34 valence electrons. The third-order valence-corrected chi connectivity index (χ3v) is 0.566. The molecule has 0 saturated heterocycles. The minimum atomic E-state index is 0.00926. The predicted molar refractivity (Wildman–Crippen MR) is 23.8 cm³/mol. The van der Waals surface area contributed by atoms with Crippen LogP contribution in [0.5, 0.6) is 0 Å². The smallest absolute Gasteiger partial charge is 0.177 e. The summed E-state index contributed by atoms with van der Waals surface area (Å²) < 4.78 is 0. The molecule has 0 fully saturated rings. The second-order valence-corrected chi connectivity index (χ2v) is 1.07. The Morgan fingerprint density at radius 3 is 2.71 bits per heavy atom. The van der Waals surface area contributed by atoms with Crippen LogP contribution in [0.25, 0.3) is 0 Å². The minimum absolute atomic E-state index is 0.00926. The average Bonchev–Trinajstić information content (AvgIpc) is 1.69. The lowest BCUT2D eigenvalue weighted by Gasteiger charge is -1.78. The van der Waals surface area contributed by atoms with Crippen molar-refractivity contribution in [1.82, 2.24) is 15.7 Å². The number of hydrogen-bond acceptors (Lipinski definition) is 2. The molecule has 0 amide bonds. The van der Waals surface area contributed by atoms with E-state index in [1.54, 1.807) is 0 Å². The summed E-state index contributed by atoms with van der Waals surface area (Å²) in [6.07, 6.45) is 2.76. The Morgan fingerprint density at radius 1 is 1.57 bits per heavy atom. The van der Waals surface area contributed by atoms with E-state index in [0.29, 0.717) is 0 Å². The van der Waals surface area contributed by atoms with Gasteiger partial charge in [0.2, 0.25) is 0 Å². The van der Waals surface area contributed by atoms with Crippen molar-refractivity contribution >= 4 is 5.82 Å². The lowest BCUT2D eigenvalue weighted by molar-refractivity contribution is 1.14. The van der Waals surface area contributed by atoms with Crippen molar-refractivity contribution in [2.45, 2.75) is 0 Å². The van der Waals surface area contributed by atoms with Crippen LogP contribution in [0.1, 0.15) is 0 Å². The molecule has 0 aliphatic carbocycles. The first kappa shape index (κ1) is 4.05. The first-order valence-corrected chi connectivity index (χ1v) is 1.84. The van der Waals surface area contributed by atoms with Crippen molar-refractivity contribution in [2.24, 2.45) is 0 Å². The molecule has 1 aromatic heterocycles. The fourth-order valence-electron chi connectivity index (χ4n) is 0.284. The van der Waals surface area contributed by atoms with Gasteiger partial charge in [0.05, 0.1) is 0 Å². The molecule has 0 atom stereocenters. The van der Waals surface area contributed by atoms with Gasteiger partial charge in [-0.2, -0.15) is 0 Å². The molecule has 1 heterocycles. The molecule has 0 N–H and O–H groups in total. The highest BCUT2D eigenvalue weighted by Gasteiger charge is 1.78. The Kier molecular flexibility index (Phi) is 0.898. The number of aromatic nitrogens is 2. The van der Waals surface area contributed by atoms with Crippen LogP contribution in [0, 0.1) is 0 Å². The van der Waals surface area contributed by atoms with Gasteiger partial charge in [-0.05, 0) is 0 Å². The van der Waals surface area contributed by atoms with E-state index in [4.69, 9.17) is 5.73 Å². The second-order valence-electron chi connectivity index (χ2n) is 1.07. The van der Waals surface area contributed by atoms with Crippen molar-refractivity contribution in [2.75, 3.05) is 0 Å². The molecule has 0 saturated carbocycles. The Labute approximate surface area is 41.2 Å². The largest absolute Gasteiger partial charge is 0.245 e. The summed E-state index contributed by atoms with van der Waals surface area (Å²) in [6, 6.07) is 1.42. The molecule has 0 spiro atoms. The van der Waals surface area contributed by atoms with Gasteiger partial charge in [0.15, 0.2) is 5.82 Å². The highest BCUT2D eigenvalue weighted by Crippen LogP contribution is 1.89. The summed E-state index contributed by atoms with van der Waals surface area (Å²) in [5.41, 5.74) is 8.48. The maximum Gasteiger partial charge on any atom is 0.177 e. The van der Waals surface area contributed by atoms with E-state index in [2.05, 4.69) is 9.97 Å². The van der Waals surface area contributed by atoms with Crippen LogP contribution in [0.15, 0.2) is 18.6 Å². The maximum atomic E-state index is 8.48. The Morgan fingerprint density at radius 2 is 2.43 bits per heavy atom. The van der Waals surface area contributed by atoms with E-state index in [1.165, 1.54) is 18.6 Å². The molecule has 1 rings (SSSR count). The minimum Gasteiger partial charge on any atom is -0.245 e. The first-order valence-electron chi connectivity index (χ1n) is 1.84. The van der Waals surface area contributed by atoms with Gasteiger partial charge in [-0.25, -0.2) is 9.97 Å². The van der Waals surface area contributed by atoms with E-state index >= 15 is 0 Å². The number of nitrogens with zero attached hydrogens (tertiary/aromatic N) is 3. The van der Waals surface area contributed by atoms with Gasteiger partial charge in [0.1, 0.15) is 6.33 Å². The van der Waals surface area contributed by atoms with Crippen molar-refractivity contribution in [1.29, 1.82) is 0 Å². The molecule has 3 heteroatoms. The topological polar surface area (TPSA) is 48.1 Å². The van der Waals surface area contributed by atoms with Gasteiger partial charge < -0.3 is 0 Å². The molecular weight excluding hydrogens is 90.1 g/mol. The van der Waals surface area contributed by atoms with Gasteiger partial charge in [-0.1, -0.05) is 0 Å². The van der Waals surface area contributed by atoms with Crippen LogP contribution in [-0.2, 0) is 0 Å². The SMILES string of the molecule is [N]c1ccncn1. The van der Waals surface area contributed by atoms with Gasteiger partial charge in [0, 0.05) is 12.3 Å². The molecule has 7 heavy (non-hydrogen) atoms. The monoisotopic (exact) mass is 93.0 g/mol. The highest BCUT2D eigenvalue weighted by atomic mass is 14.9. The Hall–Kier alpha value is -1.12. The van der Waals surface area contributed by atoms with E-state index in [1.807, 2.05) is 0 Å². The number of rotatable bonds is 0. The van der Waals surface area contributed by atoms with Gasteiger partial charge in [0.25, 0.3) is 0 Å². The zero-order valence-electron chi connectivity index (χ0n) is 3.57. The van der Waals surface area contributed by atoms with Crippen LogP contribution in [-0.4, -0.2) is 9.97 Å². The molecule has 0 unspecified atom stereocenters. The summed E-state index contributed by atoms with van der Waals surface area (Å²) >= 11 is 0. The normalized spacial score (nSPS) is 8.57. The summed E-state index contributed by atoms with van der Waals surface area (Å²) in [7, 11) is 0. The molecule has 0 aliphatic heterocycles. The third-order valence-electron chi connectivity index (χ3n) is 0.566. The van der Waals surface area contributed by atoms with Crippen molar-refractivity contribution in [3.05, 3.63) is 18.6 Å². The highest BCUT2D eigenvalue weighted by molar-refractivity contribution is 5.17. The zero-order valence-corrected chi connectivity index (χ0v) is 3.57. The lowest BCUT2D eigenvalue weighted by Crippen LogP contribution is -1.75. The maximum absolute atomic E-state index is 8.48. The standard InChI is InChI=1S/C4H3N3/c5-4-1-2-6-3-7-4/h1-3H. The summed E-state index contributed by atoms with van der Waals surface area (Å²) in [5, 5.41) is 0. The van der Waals surface area contributed by atoms with Crippen molar-refractivity contribution in [3.8, 4) is 0 Å².